The molecule has 0 saturated carbocycles. The van der Waals surface area contributed by atoms with Gasteiger partial charge in [0, 0.05) is 17.5 Å². The Morgan fingerprint density at radius 1 is 1.33 bits per heavy atom. The normalized spacial score (nSPS) is 13.0. The Balaban J connectivity index is 2.69. The van der Waals surface area contributed by atoms with Crippen molar-refractivity contribution in [2.45, 2.75) is 5.92 Å². The number of nitrogens with two attached hydrogens (primary N) is 1. The Labute approximate surface area is 95.1 Å². The van der Waals surface area contributed by atoms with Crippen molar-refractivity contribution in [3.8, 4) is 0 Å². The molecule has 0 spiro atoms. The van der Waals surface area contributed by atoms with Crippen LogP contribution in [0.1, 0.15) is 11.5 Å². The lowest BCUT2D eigenvalue weighted by molar-refractivity contribution is 0.306. The van der Waals surface area contributed by atoms with Crippen LogP contribution in [0.5, 0.6) is 0 Å². The third-order valence-electron chi connectivity index (χ3n) is 2.01. The van der Waals surface area contributed by atoms with Gasteiger partial charge in [-0.05, 0) is 17.7 Å². The highest BCUT2D eigenvalue weighted by atomic mass is 35.5. The van der Waals surface area contributed by atoms with Gasteiger partial charge in [0.2, 0.25) is 0 Å². The van der Waals surface area contributed by atoms with E-state index in [1.54, 1.807) is 24.3 Å². The number of benzene rings is 1. The van der Waals surface area contributed by atoms with Crippen LogP contribution < -0.4 is 5.73 Å². The molecule has 0 aliphatic rings. The third kappa shape index (κ3) is 4.17. The van der Waals surface area contributed by atoms with Crippen molar-refractivity contribution >= 4 is 22.6 Å². The molecule has 0 aromatic heterocycles. The molecule has 0 amide bonds. The van der Waals surface area contributed by atoms with Crippen LogP contribution in [0.25, 0.3) is 0 Å². The van der Waals surface area contributed by atoms with Gasteiger partial charge in [0.15, 0.2) is 0 Å². The fourth-order valence-corrected chi connectivity index (χ4v) is 1.61. The predicted octanol–water partition coefficient (Wildman–Crippen LogP) is 0.925. The number of thiol groups is 1. The molecular weight excluding hydrogens is 238 g/mol. The molecule has 1 aromatic rings. The van der Waals surface area contributed by atoms with Crippen molar-refractivity contribution in [2.24, 2.45) is 5.73 Å². The molecule has 4 nitrogen and oxygen atoms in total. The van der Waals surface area contributed by atoms with Crippen LogP contribution in [0.4, 0.5) is 0 Å². The summed E-state index contributed by atoms with van der Waals surface area (Å²) < 4.78 is 25.0. The minimum Gasteiger partial charge on any atom is -0.330 e. The van der Waals surface area contributed by atoms with Crippen LogP contribution in [0.3, 0.4) is 0 Å². The first kappa shape index (κ1) is 12.4. The summed E-state index contributed by atoms with van der Waals surface area (Å²) in [6, 6.07) is 7.08. The smallest absolute Gasteiger partial charge is 0.257 e. The Kier molecular flexibility index (Phi) is 5.04. The number of rotatable bonds is 5. The molecule has 0 aliphatic heterocycles. The van der Waals surface area contributed by atoms with Gasteiger partial charge in [-0.15, -0.1) is 0 Å². The van der Waals surface area contributed by atoms with Crippen molar-refractivity contribution in [3.63, 3.8) is 0 Å². The van der Waals surface area contributed by atoms with E-state index in [-0.39, 0.29) is 12.5 Å². The molecular formula is C9H12ClNO3S. The van der Waals surface area contributed by atoms with E-state index in [1.165, 1.54) is 0 Å². The average Bonchev–Trinajstić information content (AvgIpc) is 2.21. The monoisotopic (exact) mass is 249 g/mol. The molecule has 2 N–H and O–H groups in total. The molecule has 6 heteroatoms. The van der Waals surface area contributed by atoms with Gasteiger partial charge in [0.25, 0.3) is 11.0 Å². The summed E-state index contributed by atoms with van der Waals surface area (Å²) in [6.07, 6.45) is 0. The van der Waals surface area contributed by atoms with Gasteiger partial charge >= 0.3 is 0 Å². The van der Waals surface area contributed by atoms with Crippen LogP contribution in [-0.2, 0) is 15.2 Å². The van der Waals surface area contributed by atoms with Gasteiger partial charge in [0.05, 0.1) is 6.61 Å². The quantitative estimate of drug-likeness (QED) is 0.762. The molecule has 0 aliphatic carbocycles. The SMILES string of the molecule is NC[C@H](CO[SH](=O)=O)c1ccc(Cl)cc1. The van der Waals surface area contributed by atoms with E-state index in [1.807, 2.05) is 0 Å². The Morgan fingerprint density at radius 2 is 1.93 bits per heavy atom. The average molecular weight is 250 g/mol. The summed E-state index contributed by atoms with van der Waals surface area (Å²) >= 11 is 5.73. The summed E-state index contributed by atoms with van der Waals surface area (Å²) in [4.78, 5) is 0. The van der Waals surface area contributed by atoms with E-state index >= 15 is 0 Å². The minimum atomic E-state index is -2.82. The zero-order valence-electron chi connectivity index (χ0n) is 7.93. The molecule has 1 rings (SSSR count). The zero-order valence-corrected chi connectivity index (χ0v) is 9.58. The lowest BCUT2D eigenvalue weighted by atomic mass is 10.0. The predicted molar refractivity (Wildman–Crippen MR) is 59.5 cm³/mol. The van der Waals surface area contributed by atoms with Crippen LogP contribution in [0.2, 0.25) is 5.02 Å². The van der Waals surface area contributed by atoms with E-state index in [4.69, 9.17) is 17.3 Å². The fraction of sp³-hybridized carbons (Fsp3) is 0.333. The minimum absolute atomic E-state index is 0.0663. The van der Waals surface area contributed by atoms with Gasteiger partial charge < -0.3 is 5.73 Å². The van der Waals surface area contributed by atoms with E-state index in [9.17, 15) is 8.42 Å². The molecule has 15 heavy (non-hydrogen) atoms. The number of hydrogen-bond donors (Lipinski definition) is 2. The van der Waals surface area contributed by atoms with Crippen molar-refractivity contribution in [3.05, 3.63) is 34.9 Å². The van der Waals surface area contributed by atoms with Crippen LogP contribution in [0.15, 0.2) is 24.3 Å². The highest BCUT2D eigenvalue weighted by molar-refractivity contribution is 7.67. The first-order valence-electron chi connectivity index (χ1n) is 4.36. The lowest BCUT2D eigenvalue weighted by Crippen LogP contribution is -2.17. The van der Waals surface area contributed by atoms with Gasteiger partial charge in [-0.1, -0.05) is 23.7 Å². The molecule has 0 radical (unpaired) electrons. The first-order valence-corrected chi connectivity index (χ1v) is 5.83. The van der Waals surface area contributed by atoms with Crippen molar-refractivity contribution < 1.29 is 12.6 Å². The standard InChI is InChI=1S/C9H12ClNO3S/c10-9-3-1-7(2-4-9)8(5-11)6-14-15(12)13/h1-4,8,15H,5-6,11H2/t8-/m1/s1. The van der Waals surface area contributed by atoms with Gasteiger partial charge in [0.1, 0.15) is 0 Å². The van der Waals surface area contributed by atoms with Crippen molar-refractivity contribution in [1.82, 2.24) is 0 Å². The maximum atomic E-state index is 10.3. The maximum Gasteiger partial charge on any atom is 0.257 e. The van der Waals surface area contributed by atoms with Gasteiger partial charge in [-0.25, -0.2) is 8.42 Å². The molecule has 0 heterocycles. The second-order valence-electron chi connectivity index (χ2n) is 3.00. The van der Waals surface area contributed by atoms with Crippen LogP contribution in [-0.4, -0.2) is 21.6 Å². The summed E-state index contributed by atoms with van der Waals surface area (Å²) in [7, 11) is -2.82. The summed E-state index contributed by atoms with van der Waals surface area (Å²) in [5, 5.41) is 0.630. The summed E-state index contributed by atoms with van der Waals surface area (Å²) in [6.45, 7) is 0.391. The van der Waals surface area contributed by atoms with Gasteiger partial charge in [-0.3, -0.25) is 4.18 Å². The fourth-order valence-electron chi connectivity index (χ4n) is 1.19. The van der Waals surface area contributed by atoms with Gasteiger partial charge in [-0.2, -0.15) is 0 Å². The van der Waals surface area contributed by atoms with E-state index in [0.717, 1.165) is 5.56 Å². The highest BCUT2D eigenvalue weighted by Gasteiger charge is 2.10. The number of hydrogen-bond acceptors (Lipinski definition) is 4. The molecule has 0 bridgehead atoms. The van der Waals surface area contributed by atoms with Crippen LogP contribution >= 0.6 is 11.6 Å². The zero-order chi connectivity index (χ0) is 11.3. The van der Waals surface area contributed by atoms with E-state index in [0.29, 0.717) is 11.6 Å². The highest BCUT2D eigenvalue weighted by Crippen LogP contribution is 2.17. The van der Waals surface area contributed by atoms with Crippen molar-refractivity contribution in [1.29, 1.82) is 0 Å². The topological polar surface area (TPSA) is 69.4 Å². The molecule has 1 aromatic carbocycles. The summed E-state index contributed by atoms with van der Waals surface area (Å²) in [5.41, 5.74) is 6.43. The summed E-state index contributed by atoms with van der Waals surface area (Å²) in [5.74, 6) is -0.129. The lowest BCUT2D eigenvalue weighted by Gasteiger charge is -2.12. The first-order chi connectivity index (χ1) is 7.13. The molecule has 0 fully saturated rings. The third-order valence-corrected chi connectivity index (χ3v) is 2.62. The Hall–Kier alpha value is -0.620. The molecule has 0 saturated heterocycles. The Morgan fingerprint density at radius 3 is 2.40 bits per heavy atom. The molecule has 84 valence electrons. The molecule has 1 atom stereocenters. The van der Waals surface area contributed by atoms with E-state index in [2.05, 4.69) is 4.18 Å². The Bertz CT molecular complexity index is 369. The second-order valence-corrected chi connectivity index (χ2v) is 4.15. The number of halogens is 1. The maximum absolute atomic E-state index is 10.3. The largest absolute Gasteiger partial charge is 0.330 e. The second kappa shape index (κ2) is 6.07. The van der Waals surface area contributed by atoms with E-state index < -0.39 is 11.0 Å². The van der Waals surface area contributed by atoms with Crippen molar-refractivity contribution in [2.75, 3.05) is 13.2 Å². The molecule has 0 unspecified atom stereocenters. The van der Waals surface area contributed by atoms with Crippen LogP contribution in [0, 0.1) is 0 Å².